The minimum absolute atomic E-state index is 0.135. The number of hydrogen-bond donors (Lipinski definition) is 1. The summed E-state index contributed by atoms with van der Waals surface area (Å²) < 4.78 is 23.6. The van der Waals surface area contributed by atoms with Crippen molar-refractivity contribution < 1.29 is 8.42 Å². The Bertz CT molecular complexity index is 372. The molecule has 106 valence electrons. The highest BCUT2D eigenvalue weighted by Gasteiger charge is 2.39. The van der Waals surface area contributed by atoms with Gasteiger partial charge < -0.3 is 5.73 Å². The van der Waals surface area contributed by atoms with Crippen molar-refractivity contribution >= 4 is 9.84 Å². The second-order valence-corrected chi connectivity index (χ2v) is 8.36. The Morgan fingerprint density at radius 3 is 2.28 bits per heavy atom. The van der Waals surface area contributed by atoms with Crippen molar-refractivity contribution in [3.63, 3.8) is 0 Å². The summed E-state index contributed by atoms with van der Waals surface area (Å²) in [5.74, 6) is 0.610. The lowest BCUT2D eigenvalue weighted by Gasteiger charge is -2.39. The number of sulfone groups is 1. The maximum absolute atomic E-state index is 11.8. The Morgan fingerprint density at radius 1 is 1.17 bits per heavy atom. The lowest BCUT2D eigenvalue weighted by Crippen LogP contribution is -2.48. The molecule has 0 amide bonds. The molecule has 0 aromatic carbocycles. The highest BCUT2D eigenvalue weighted by Crippen LogP contribution is 2.32. The molecule has 1 heterocycles. The Morgan fingerprint density at radius 2 is 1.78 bits per heavy atom. The number of nitrogens with zero attached hydrogens (tertiary/aromatic N) is 1. The molecular formula is C13H26N2O2S. The van der Waals surface area contributed by atoms with E-state index in [9.17, 15) is 8.42 Å². The molecule has 18 heavy (non-hydrogen) atoms. The zero-order valence-corrected chi connectivity index (χ0v) is 12.3. The van der Waals surface area contributed by atoms with Gasteiger partial charge in [-0.3, -0.25) is 4.90 Å². The molecule has 2 N–H and O–H groups in total. The normalized spacial score (nSPS) is 33.7. The first-order chi connectivity index (χ1) is 8.39. The van der Waals surface area contributed by atoms with Crippen LogP contribution >= 0.6 is 0 Å². The molecule has 2 rings (SSSR count). The summed E-state index contributed by atoms with van der Waals surface area (Å²) in [6.45, 7) is 4.11. The SMILES string of the molecule is CC(N)C1CCN(C2CCCC2S(C)(=O)=O)CC1. The smallest absolute Gasteiger partial charge is 0.151 e. The van der Waals surface area contributed by atoms with Gasteiger partial charge in [0.05, 0.1) is 5.25 Å². The third-order valence-electron chi connectivity index (χ3n) is 4.75. The van der Waals surface area contributed by atoms with Gasteiger partial charge in [-0.05, 0) is 51.6 Å². The molecular weight excluding hydrogens is 248 g/mol. The standard InChI is InChI=1S/C13H26N2O2S/c1-10(14)11-6-8-15(9-7-11)12-4-3-5-13(12)18(2,16)17/h10-13H,3-9,14H2,1-2H3. The van der Waals surface area contributed by atoms with Crippen molar-refractivity contribution in [2.75, 3.05) is 19.3 Å². The highest BCUT2D eigenvalue weighted by atomic mass is 32.2. The van der Waals surface area contributed by atoms with Crippen molar-refractivity contribution in [3.05, 3.63) is 0 Å². The molecule has 0 aromatic rings. The number of hydrogen-bond acceptors (Lipinski definition) is 4. The van der Waals surface area contributed by atoms with Gasteiger partial charge in [0.15, 0.2) is 9.84 Å². The highest BCUT2D eigenvalue weighted by molar-refractivity contribution is 7.91. The van der Waals surface area contributed by atoms with Gasteiger partial charge in [0.1, 0.15) is 0 Å². The van der Waals surface area contributed by atoms with Crippen LogP contribution in [0.2, 0.25) is 0 Å². The maximum Gasteiger partial charge on any atom is 0.151 e. The van der Waals surface area contributed by atoms with Gasteiger partial charge in [-0.2, -0.15) is 0 Å². The van der Waals surface area contributed by atoms with Crippen molar-refractivity contribution in [1.29, 1.82) is 0 Å². The third kappa shape index (κ3) is 3.06. The van der Waals surface area contributed by atoms with E-state index >= 15 is 0 Å². The first-order valence-electron chi connectivity index (χ1n) is 7.08. The average Bonchev–Trinajstić information content (AvgIpc) is 2.77. The molecule has 5 heteroatoms. The van der Waals surface area contributed by atoms with E-state index in [-0.39, 0.29) is 17.3 Å². The Kier molecular flexibility index (Phi) is 4.34. The monoisotopic (exact) mass is 274 g/mol. The molecule has 3 atom stereocenters. The summed E-state index contributed by atoms with van der Waals surface area (Å²) >= 11 is 0. The predicted molar refractivity (Wildman–Crippen MR) is 74.2 cm³/mol. The minimum Gasteiger partial charge on any atom is -0.328 e. The molecule has 1 aliphatic carbocycles. The van der Waals surface area contributed by atoms with Crippen LogP contribution in [0.15, 0.2) is 0 Å². The van der Waals surface area contributed by atoms with E-state index in [0.29, 0.717) is 5.92 Å². The number of piperidine rings is 1. The Hall–Kier alpha value is -0.130. The molecule has 0 bridgehead atoms. The van der Waals surface area contributed by atoms with Crippen LogP contribution in [0.5, 0.6) is 0 Å². The molecule has 3 unspecified atom stereocenters. The van der Waals surface area contributed by atoms with Gasteiger partial charge >= 0.3 is 0 Å². The molecule has 0 spiro atoms. The van der Waals surface area contributed by atoms with Gasteiger partial charge in [0, 0.05) is 18.3 Å². The van der Waals surface area contributed by atoms with Crippen LogP contribution in [0.1, 0.15) is 39.0 Å². The molecule has 2 aliphatic rings. The third-order valence-corrected chi connectivity index (χ3v) is 6.40. The van der Waals surface area contributed by atoms with Crippen LogP contribution in [-0.4, -0.2) is 50.0 Å². The average molecular weight is 274 g/mol. The fraction of sp³-hybridized carbons (Fsp3) is 1.00. The summed E-state index contributed by atoms with van der Waals surface area (Å²) in [6.07, 6.45) is 6.56. The van der Waals surface area contributed by atoms with Crippen LogP contribution in [0.4, 0.5) is 0 Å². The zero-order chi connectivity index (χ0) is 13.3. The van der Waals surface area contributed by atoms with Crippen molar-refractivity contribution in [1.82, 2.24) is 4.90 Å². The molecule has 2 fully saturated rings. The van der Waals surface area contributed by atoms with E-state index in [1.165, 1.54) is 6.26 Å². The number of rotatable bonds is 3. The zero-order valence-electron chi connectivity index (χ0n) is 11.5. The molecule has 1 aliphatic heterocycles. The first-order valence-corrected chi connectivity index (χ1v) is 9.03. The minimum atomic E-state index is -2.90. The van der Waals surface area contributed by atoms with Crippen molar-refractivity contribution in [2.24, 2.45) is 11.7 Å². The molecule has 0 aromatic heterocycles. The van der Waals surface area contributed by atoms with Crippen molar-refractivity contribution in [2.45, 2.75) is 56.4 Å². The maximum atomic E-state index is 11.8. The topological polar surface area (TPSA) is 63.4 Å². The number of nitrogens with two attached hydrogens (primary N) is 1. The second-order valence-electron chi connectivity index (χ2n) is 6.10. The van der Waals surface area contributed by atoms with E-state index in [4.69, 9.17) is 5.73 Å². The van der Waals surface area contributed by atoms with Gasteiger partial charge in [0.2, 0.25) is 0 Å². The first kappa shape index (κ1) is 14.3. The van der Waals surface area contributed by atoms with Crippen LogP contribution in [-0.2, 0) is 9.84 Å². The summed E-state index contributed by atoms with van der Waals surface area (Å²) in [5, 5.41) is -0.135. The summed E-state index contributed by atoms with van der Waals surface area (Å²) in [5.41, 5.74) is 5.95. The van der Waals surface area contributed by atoms with Gasteiger partial charge in [-0.25, -0.2) is 8.42 Å². The predicted octanol–water partition coefficient (Wildman–Crippen LogP) is 1.01. The van der Waals surface area contributed by atoms with E-state index in [0.717, 1.165) is 45.2 Å². The Labute approximate surface area is 111 Å². The van der Waals surface area contributed by atoms with E-state index < -0.39 is 9.84 Å². The fourth-order valence-corrected chi connectivity index (χ4v) is 5.07. The summed E-state index contributed by atoms with van der Waals surface area (Å²) in [4.78, 5) is 2.40. The van der Waals surface area contributed by atoms with E-state index in [1.807, 2.05) is 0 Å². The molecule has 0 radical (unpaired) electrons. The van der Waals surface area contributed by atoms with Gasteiger partial charge in [-0.15, -0.1) is 0 Å². The van der Waals surface area contributed by atoms with Crippen LogP contribution in [0.25, 0.3) is 0 Å². The molecule has 1 saturated carbocycles. The summed E-state index contributed by atoms with van der Waals surface area (Å²) in [7, 11) is -2.90. The van der Waals surface area contributed by atoms with Crippen molar-refractivity contribution in [3.8, 4) is 0 Å². The quantitative estimate of drug-likeness (QED) is 0.834. The Balaban J connectivity index is 1.97. The van der Waals surface area contributed by atoms with E-state index in [1.54, 1.807) is 0 Å². The van der Waals surface area contributed by atoms with Crippen LogP contribution in [0, 0.1) is 5.92 Å². The number of likely N-dealkylation sites (tertiary alicyclic amines) is 1. The van der Waals surface area contributed by atoms with Crippen LogP contribution < -0.4 is 5.73 Å². The lowest BCUT2D eigenvalue weighted by molar-refractivity contribution is 0.127. The van der Waals surface area contributed by atoms with Gasteiger partial charge in [-0.1, -0.05) is 6.42 Å². The lowest BCUT2D eigenvalue weighted by atomic mass is 9.90. The van der Waals surface area contributed by atoms with Gasteiger partial charge in [0.25, 0.3) is 0 Å². The largest absolute Gasteiger partial charge is 0.328 e. The fourth-order valence-electron chi connectivity index (χ4n) is 3.60. The van der Waals surface area contributed by atoms with E-state index in [2.05, 4.69) is 11.8 Å². The summed E-state index contributed by atoms with van der Waals surface area (Å²) in [6, 6.07) is 0.524. The second kappa shape index (κ2) is 5.47. The molecule has 4 nitrogen and oxygen atoms in total. The molecule has 1 saturated heterocycles. The van der Waals surface area contributed by atoms with Crippen LogP contribution in [0.3, 0.4) is 0 Å².